The standard InChI is InChI=1S/C24H25FN4O3/c1-13(2)21-19(14-7-9-24(32,10-8-14)23(30)31)20-18(11-15-12-26-28-22(15)27-20)29(21)17-5-3-16(25)4-6-17/h3-6,11-14,32H,7-10H2,1-2H3,(H,30,31)(H,26,27,28)/t14-,24+. The first-order valence-electron chi connectivity index (χ1n) is 10.9. The van der Waals surface area contributed by atoms with E-state index < -0.39 is 11.6 Å². The molecular formula is C24H25FN4O3. The number of carbonyl (C=O) groups is 1. The van der Waals surface area contributed by atoms with Crippen LogP contribution >= 0.6 is 0 Å². The monoisotopic (exact) mass is 436 g/mol. The fraction of sp³-hybridized carbons (Fsp3) is 0.375. The minimum atomic E-state index is -1.67. The maximum atomic E-state index is 13.7. The number of H-pyrrole nitrogens is 1. The van der Waals surface area contributed by atoms with Crippen molar-refractivity contribution < 1.29 is 19.4 Å². The third kappa shape index (κ3) is 3.17. The van der Waals surface area contributed by atoms with Gasteiger partial charge in [-0.2, -0.15) is 5.10 Å². The predicted molar refractivity (Wildman–Crippen MR) is 119 cm³/mol. The normalized spacial score (nSPS) is 21.6. The van der Waals surface area contributed by atoms with Gasteiger partial charge in [-0.25, -0.2) is 14.2 Å². The van der Waals surface area contributed by atoms with Crippen LogP contribution in [0.4, 0.5) is 4.39 Å². The summed E-state index contributed by atoms with van der Waals surface area (Å²) < 4.78 is 15.8. The molecule has 1 aliphatic carbocycles. The first kappa shape index (κ1) is 20.6. The second kappa shape index (κ2) is 7.41. The predicted octanol–water partition coefficient (Wildman–Crippen LogP) is 4.64. The molecule has 0 aliphatic heterocycles. The molecule has 0 bridgehead atoms. The zero-order valence-electron chi connectivity index (χ0n) is 18.0. The Morgan fingerprint density at radius 3 is 2.56 bits per heavy atom. The molecule has 32 heavy (non-hydrogen) atoms. The number of aliphatic carboxylic acids is 1. The van der Waals surface area contributed by atoms with Crippen LogP contribution in [0.25, 0.3) is 27.8 Å². The van der Waals surface area contributed by atoms with Gasteiger partial charge in [0.2, 0.25) is 0 Å². The lowest BCUT2D eigenvalue weighted by Gasteiger charge is -2.33. The van der Waals surface area contributed by atoms with Crippen LogP contribution in [0, 0.1) is 5.82 Å². The van der Waals surface area contributed by atoms with E-state index in [1.807, 2.05) is 6.07 Å². The van der Waals surface area contributed by atoms with E-state index in [9.17, 15) is 19.4 Å². The molecule has 0 atom stereocenters. The Balaban J connectivity index is 1.75. The largest absolute Gasteiger partial charge is 0.479 e. The van der Waals surface area contributed by atoms with E-state index in [0.29, 0.717) is 18.5 Å². The Bertz CT molecular complexity index is 1310. The van der Waals surface area contributed by atoms with Gasteiger partial charge in [0, 0.05) is 22.3 Å². The van der Waals surface area contributed by atoms with Crippen molar-refractivity contribution in [3.05, 3.63) is 53.6 Å². The van der Waals surface area contributed by atoms with Crippen LogP contribution in [-0.2, 0) is 4.79 Å². The number of aromatic amines is 1. The molecule has 0 saturated heterocycles. The van der Waals surface area contributed by atoms with Crippen molar-refractivity contribution in [2.24, 2.45) is 0 Å². The number of hydrogen-bond donors (Lipinski definition) is 3. The number of pyridine rings is 1. The van der Waals surface area contributed by atoms with Gasteiger partial charge in [-0.1, -0.05) is 13.8 Å². The molecule has 1 fully saturated rings. The second-order valence-electron chi connectivity index (χ2n) is 9.04. The maximum absolute atomic E-state index is 13.7. The summed E-state index contributed by atoms with van der Waals surface area (Å²) in [5.41, 5.74) is 3.74. The topological polar surface area (TPSA) is 104 Å². The molecule has 5 rings (SSSR count). The highest BCUT2D eigenvalue weighted by molar-refractivity contribution is 5.93. The van der Waals surface area contributed by atoms with Gasteiger partial charge in [0.1, 0.15) is 5.82 Å². The highest BCUT2D eigenvalue weighted by atomic mass is 19.1. The van der Waals surface area contributed by atoms with Crippen molar-refractivity contribution in [3.8, 4) is 5.69 Å². The summed E-state index contributed by atoms with van der Waals surface area (Å²) in [6, 6.07) is 8.45. The lowest BCUT2D eigenvalue weighted by molar-refractivity contribution is -0.162. The fourth-order valence-corrected chi connectivity index (χ4v) is 5.05. The molecule has 8 heteroatoms. The number of hydrogen-bond acceptors (Lipinski definition) is 4. The number of carboxylic acid groups (broad SMARTS) is 1. The highest BCUT2D eigenvalue weighted by Crippen LogP contribution is 2.45. The zero-order chi connectivity index (χ0) is 22.6. The van der Waals surface area contributed by atoms with Gasteiger partial charge in [0.15, 0.2) is 11.2 Å². The summed E-state index contributed by atoms with van der Waals surface area (Å²) in [6.45, 7) is 4.23. The van der Waals surface area contributed by atoms with Gasteiger partial charge >= 0.3 is 5.97 Å². The lowest BCUT2D eigenvalue weighted by atomic mass is 9.75. The molecule has 3 aromatic heterocycles. The van der Waals surface area contributed by atoms with Crippen LogP contribution < -0.4 is 0 Å². The molecule has 166 valence electrons. The van der Waals surface area contributed by atoms with Gasteiger partial charge in [0.05, 0.1) is 17.2 Å². The van der Waals surface area contributed by atoms with Gasteiger partial charge in [-0.05, 0) is 67.9 Å². The Labute approximate surface area is 183 Å². The Hall–Kier alpha value is -3.26. The maximum Gasteiger partial charge on any atom is 0.335 e. The molecule has 1 aromatic carbocycles. The molecule has 0 amide bonds. The molecule has 3 heterocycles. The fourth-order valence-electron chi connectivity index (χ4n) is 5.05. The van der Waals surface area contributed by atoms with Crippen molar-refractivity contribution in [2.45, 2.75) is 57.0 Å². The number of nitrogens with zero attached hydrogens (tertiary/aromatic N) is 3. The smallest absolute Gasteiger partial charge is 0.335 e. The van der Waals surface area contributed by atoms with Crippen LogP contribution in [0.5, 0.6) is 0 Å². The summed E-state index contributed by atoms with van der Waals surface area (Å²) in [7, 11) is 0. The van der Waals surface area contributed by atoms with E-state index in [-0.39, 0.29) is 30.5 Å². The van der Waals surface area contributed by atoms with Crippen LogP contribution in [0.15, 0.2) is 36.5 Å². The minimum absolute atomic E-state index is 0.0593. The molecule has 0 radical (unpaired) electrons. The van der Waals surface area contributed by atoms with E-state index >= 15 is 0 Å². The number of nitrogens with one attached hydrogen (secondary N) is 1. The SMILES string of the molecule is CC(C)c1c([C@H]2CC[C@](O)(C(=O)O)CC2)c2nc3[nH]ncc3cc2n1-c1ccc(F)cc1. The Morgan fingerprint density at radius 2 is 1.94 bits per heavy atom. The van der Waals surface area contributed by atoms with Crippen molar-refractivity contribution in [1.29, 1.82) is 0 Å². The van der Waals surface area contributed by atoms with E-state index in [1.165, 1.54) is 12.1 Å². The van der Waals surface area contributed by atoms with Crippen molar-refractivity contribution in [2.75, 3.05) is 0 Å². The molecule has 1 aliphatic rings. The quantitative estimate of drug-likeness (QED) is 0.432. The summed E-state index contributed by atoms with van der Waals surface area (Å²) in [6.07, 6.45) is 3.22. The number of halogens is 1. The molecule has 3 N–H and O–H groups in total. The number of aliphatic hydroxyl groups is 1. The first-order valence-corrected chi connectivity index (χ1v) is 10.9. The number of carboxylic acids is 1. The summed E-state index contributed by atoms with van der Waals surface area (Å²) in [4.78, 5) is 16.4. The second-order valence-corrected chi connectivity index (χ2v) is 9.04. The zero-order valence-corrected chi connectivity index (χ0v) is 18.0. The molecule has 7 nitrogen and oxygen atoms in total. The number of benzene rings is 1. The van der Waals surface area contributed by atoms with E-state index in [4.69, 9.17) is 4.98 Å². The number of aromatic nitrogens is 4. The summed E-state index contributed by atoms with van der Waals surface area (Å²) >= 11 is 0. The van der Waals surface area contributed by atoms with Crippen molar-refractivity contribution in [1.82, 2.24) is 19.7 Å². The Morgan fingerprint density at radius 1 is 1.25 bits per heavy atom. The third-order valence-corrected chi connectivity index (χ3v) is 6.67. The van der Waals surface area contributed by atoms with Gasteiger partial charge < -0.3 is 14.8 Å². The van der Waals surface area contributed by atoms with E-state index in [2.05, 4.69) is 28.6 Å². The number of fused-ring (bicyclic) bond motifs is 2. The van der Waals surface area contributed by atoms with Crippen LogP contribution in [0.2, 0.25) is 0 Å². The van der Waals surface area contributed by atoms with Gasteiger partial charge in [0.25, 0.3) is 0 Å². The first-order chi connectivity index (χ1) is 15.3. The van der Waals surface area contributed by atoms with Crippen LogP contribution in [0.3, 0.4) is 0 Å². The highest BCUT2D eigenvalue weighted by Gasteiger charge is 2.42. The molecule has 1 saturated carbocycles. The van der Waals surface area contributed by atoms with Crippen molar-refractivity contribution in [3.63, 3.8) is 0 Å². The molecular weight excluding hydrogens is 411 g/mol. The lowest BCUT2D eigenvalue weighted by Crippen LogP contribution is -2.41. The van der Waals surface area contributed by atoms with Crippen LogP contribution in [0.1, 0.15) is 62.6 Å². The van der Waals surface area contributed by atoms with Gasteiger partial charge in [-0.3, -0.25) is 5.10 Å². The summed E-state index contributed by atoms with van der Waals surface area (Å²) in [5, 5.41) is 27.8. The van der Waals surface area contributed by atoms with Crippen molar-refractivity contribution >= 4 is 28.0 Å². The average molecular weight is 436 g/mol. The Kier molecular flexibility index (Phi) is 4.78. The molecule has 0 spiro atoms. The van der Waals surface area contributed by atoms with Gasteiger partial charge in [-0.15, -0.1) is 0 Å². The third-order valence-electron chi connectivity index (χ3n) is 6.67. The average Bonchev–Trinajstić information content (AvgIpc) is 3.35. The van der Waals surface area contributed by atoms with E-state index in [0.717, 1.165) is 33.4 Å². The minimum Gasteiger partial charge on any atom is -0.479 e. The number of rotatable bonds is 4. The summed E-state index contributed by atoms with van der Waals surface area (Å²) in [5.74, 6) is -1.26. The van der Waals surface area contributed by atoms with Crippen LogP contribution in [-0.4, -0.2) is 41.5 Å². The van der Waals surface area contributed by atoms with E-state index in [1.54, 1.807) is 18.3 Å². The molecule has 0 unspecified atom stereocenters. The molecule has 4 aromatic rings.